The number of nitrogens with two attached hydrogens (primary N) is 1. The third kappa shape index (κ3) is 3.21. The summed E-state index contributed by atoms with van der Waals surface area (Å²) in [5, 5.41) is 11.1. The van der Waals surface area contributed by atoms with Crippen molar-refractivity contribution in [2.24, 2.45) is 5.73 Å². The molecule has 0 bridgehead atoms. The van der Waals surface area contributed by atoms with Crippen molar-refractivity contribution >= 4 is 17.3 Å². The Balaban J connectivity index is 2.16. The third-order valence-corrected chi connectivity index (χ3v) is 2.88. The highest BCUT2D eigenvalue weighted by atomic mass is 35.5. The van der Waals surface area contributed by atoms with Crippen LogP contribution >= 0.6 is 11.6 Å². The molecule has 2 rings (SSSR count). The molecule has 2 N–H and O–H groups in total. The summed E-state index contributed by atoms with van der Waals surface area (Å²) in [7, 11) is 0. The molecule has 0 fully saturated rings. The highest BCUT2D eigenvalue weighted by Gasteiger charge is 2.06. The van der Waals surface area contributed by atoms with E-state index in [-0.39, 0.29) is 5.69 Å². The summed E-state index contributed by atoms with van der Waals surface area (Å²) in [6, 6.07) is 11.0. The van der Waals surface area contributed by atoms with Gasteiger partial charge in [-0.05, 0) is 29.8 Å². The van der Waals surface area contributed by atoms with E-state index in [1.807, 2.05) is 0 Å². The first kappa shape index (κ1) is 13.3. The Morgan fingerprint density at radius 1 is 1.16 bits per heavy atom. The molecule has 0 radical (unpaired) electrons. The maximum absolute atomic E-state index is 10.5. The predicted molar refractivity (Wildman–Crippen MR) is 72.5 cm³/mol. The van der Waals surface area contributed by atoms with Gasteiger partial charge >= 0.3 is 0 Å². The van der Waals surface area contributed by atoms with E-state index in [1.165, 1.54) is 24.3 Å². The van der Waals surface area contributed by atoms with Gasteiger partial charge in [0, 0.05) is 23.7 Å². The van der Waals surface area contributed by atoms with Crippen molar-refractivity contribution in [1.29, 1.82) is 0 Å². The molecule has 0 aromatic heterocycles. The number of nitrogens with zero attached hydrogens (tertiary/aromatic N) is 1. The summed E-state index contributed by atoms with van der Waals surface area (Å²) in [5.74, 6) is 1.05. The van der Waals surface area contributed by atoms with Gasteiger partial charge in [-0.2, -0.15) is 0 Å². The standard InChI is InChI=1S/C13H11ClN2O3/c14-13-7-12(4-1-9(13)8-15)19-11-5-2-10(3-6-11)16(17)18/h1-7H,8,15H2. The average Bonchev–Trinajstić information content (AvgIpc) is 2.39. The lowest BCUT2D eigenvalue weighted by Crippen LogP contribution is -1.97. The summed E-state index contributed by atoms with van der Waals surface area (Å²) in [5.41, 5.74) is 6.36. The van der Waals surface area contributed by atoms with Gasteiger partial charge < -0.3 is 10.5 Å². The van der Waals surface area contributed by atoms with Crippen molar-refractivity contribution in [1.82, 2.24) is 0 Å². The molecule has 0 atom stereocenters. The van der Waals surface area contributed by atoms with Crippen LogP contribution in [0.3, 0.4) is 0 Å². The maximum atomic E-state index is 10.5. The molecule has 0 heterocycles. The van der Waals surface area contributed by atoms with Crippen molar-refractivity contribution in [3.05, 3.63) is 63.2 Å². The van der Waals surface area contributed by atoms with Gasteiger partial charge in [0.05, 0.1) is 4.92 Å². The second kappa shape index (κ2) is 5.69. The van der Waals surface area contributed by atoms with Gasteiger partial charge in [0.25, 0.3) is 5.69 Å². The lowest BCUT2D eigenvalue weighted by molar-refractivity contribution is -0.384. The van der Waals surface area contributed by atoms with E-state index in [2.05, 4.69) is 0 Å². The van der Waals surface area contributed by atoms with Crippen LogP contribution in [0.1, 0.15) is 5.56 Å². The van der Waals surface area contributed by atoms with E-state index in [0.717, 1.165) is 5.56 Å². The van der Waals surface area contributed by atoms with Crippen molar-refractivity contribution in [2.45, 2.75) is 6.54 Å². The minimum atomic E-state index is -0.462. The third-order valence-electron chi connectivity index (χ3n) is 2.53. The summed E-state index contributed by atoms with van der Waals surface area (Å²) < 4.78 is 5.55. The fourth-order valence-electron chi connectivity index (χ4n) is 1.53. The van der Waals surface area contributed by atoms with Crippen LogP contribution in [-0.4, -0.2) is 4.92 Å². The number of benzene rings is 2. The molecule has 19 heavy (non-hydrogen) atoms. The van der Waals surface area contributed by atoms with Crippen molar-refractivity contribution in [2.75, 3.05) is 0 Å². The highest BCUT2D eigenvalue weighted by molar-refractivity contribution is 6.31. The van der Waals surface area contributed by atoms with Gasteiger partial charge in [-0.3, -0.25) is 10.1 Å². The summed E-state index contributed by atoms with van der Waals surface area (Å²) in [6.07, 6.45) is 0. The summed E-state index contributed by atoms with van der Waals surface area (Å²) in [6.45, 7) is 0.358. The normalized spacial score (nSPS) is 10.2. The predicted octanol–water partition coefficient (Wildman–Crippen LogP) is 3.50. The van der Waals surface area contributed by atoms with Gasteiger partial charge in [0.15, 0.2) is 0 Å². The molecule has 0 aliphatic carbocycles. The molecule has 0 spiro atoms. The molecule has 6 heteroatoms. The van der Waals surface area contributed by atoms with E-state index in [1.54, 1.807) is 18.2 Å². The van der Waals surface area contributed by atoms with E-state index in [0.29, 0.717) is 23.1 Å². The van der Waals surface area contributed by atoms with Crippen molar-refractivity contribution < 1.29 is 9.66 Å². The molecule has 0 unspecified atom stereocenters. The number of ether oxygens (including phenoxy) is 1. The largest absolute Gasteiger partial charge is 0.457 e. The van der Waals surface area contributed by atoms with Gasteiger partial charge in [-0.25, -0.2) is 0 Å². The highest BCUT2D eigenvalue weighted by Crippen LogP contribution is 2.27. The number of halogens is 1. The smallest absolute Gasteiger partial charge is 0.269 e. The second-order valence-corrected chi connectivity index (χ2v) is 4.22. The number of non-ortho nitro benzene ring substituents is 1. The zero-order chi connectivity index (χ0) is 13.8. The summed E-state index contributed by atoms with van der Waals surface area (Å²) >= 11 is 6.01. The molecule has 5 nitrogen and oxygen atoms in total. The number of hydrogen-bond acceptors (Lipinski definition) is 4. The fraction of sp³-hybridized carbons (Fsp3) is 0.0769. The Hall–Kier alpha value is -2.11. The zero-order valence-corrected chi connectivity index (χ0v) is 10.6. The first-order valence-electron chi connectivity index (χ1n) is 5.51. The van der Waals surface area contributed by atoms with E-state index in [4.69, 9.17) is 22.1 Å². The molecular formula is C13H11ClN2O3. The van der Waals surface area contributed by atoms with Crippen LogP contribution in [0.4, 0.5) is 5.69 Å². The van der Waals surface area contributed by atoms with Crippen LogP contribution < -0.4 is 10.5 Å². The molecule has 0 saturated carbocycles. The van der Waals surface area contributed by atoms with Crippen LogP contribution in [0, 0.1) is 10.1 Å². The molecule has 0 aliphatic rings. The molecule has 0 aliphatic heterocycles. The topological polar surface area (TPSA) is 78.4 Å². The maximum Gasteiger partial charge on any atom is 0.269 e. The molecule has 0 saturated heterocycles. The van der Waals surface area contributed by atoms with Gasteiger partial charge in [-0.15, -0.1) is 0 Å². The van der Waals surface area contributed by atoms with E-state index in [9.17, 15) is 10.1 Å². The lowest BCUT2D eigenvalue weighted by Gasteiger charge is -2.07. The Morgan fingerprint density at radius 2 is 1.79 bits per heavy atom. The number of rotatable bonds is 4. The summed E-state index contributed by atoms with van der Waals surface area (Å²) in [4.78, 5) is 10.1. The average molecular weight is 279 g/mol. The quantitative estimate of drug-likeness (QED) is 0.686. The zero-order valence-electron chi connectivity index (χ0n) is 9.88. The first-order chi connectivity index (χ1) is 9.10. The Labute approximate surface area is 114 Å². The number of nitro groups is 1. The van der Waals surface area contributed by atoms with Crippen LogP contribution in [0.15, 0.2) is 42.5 Å². The van der Waals surface area contributed by atoms with E-state index >= 15 is 0 Å². The molecule has 2 aromatic rings. The van der Waals surface area contributed by atoms with Gasteiger partial charge in [0.1, 0.15) is 11.5 Å². The Bertz CT molecular complexity index is 599. The van der Waals surface area contributed by atoms with Crippen LogP contribution in [0.5, 0.6) is 11.5 Å². The van der Waals surface area contributed by atoms with Crippen molar-refractivity contribution in [3.8, 4) is 11.5 Å². The molecule has 2 aromatic carbocycles. The minimum absolute atomic E-state index is 0.0175. The SMILES string of the molecule is NCc1ccc(Oc2ccc([N+](=O)[O-])cc2)cc1Cl. The van der Waals surface area contributed by atoms with Crippen molar-refractivity contribution in [3.63, 3.8) is 0 Å². The molecule has 0 amide bonds. The Kier molecular flexibility index (Phi) is 3.99. The minimum Gasteiger partial charge on any atom is -0.457 e. The monoisotopic (exact) mass is 278 g/mol. The number of hydrogen-bond donors (Lipinski definition) is 1. The Morgan fingerprint density at radius 3 is 2.32 bits per heavy atom. The molecular weight excluding hydrogens is 268 g/mol. The van der Waals surface area contributed by atoms with E-state index < -0.39 is 4.92 Å². The van der Waals surface area contributed by atoms with Crippen LogP contribution in [0.2, 0.25) is 5.02 Å². The number of nitro benzene ring substituents is 1. The fourth-order valence-corrected chi connectivity index (χ4v) is 1.78. The van der Waals surface area contributed by atoms with Crippen LogP contribution in [-0.2, 0) is 6.54 Å². The van der Waals surface area contributed by atoms with Gasteiger partial charge in [0.2, 0.25) is 0 Å². The van der Waals surface area contributed by atoms with Crippen LogP contribution in [0.25, 0.3) is 0 Å². The second-order valence-electron chi connectivity index (χ2n) is 3.81. The first-order valence-corrected chi connectivity index (χ1v) is 5.89. The van der Waals surface area contributed by atoms with Gasteiger partial charge in [-0.1, -0.05) is 17.7 Å². The lowest BCUT2D eigenvalue weighted by atomic mass is 10.2. The molecule has 98 valence electrons.